The fourth-order valence-electron chi connectivity index (χ4n) is 0.335. The molecule has 0 fully saturated rings. The Kier molecular flexibility index (Phi) is 3.91. The summed E-state index contributed by atoms with van der Waals surface area (Å²) in [5.74, 6) is 4.63. The Morgan fingerprint density at radius 3 is 2.77 bits per heavy atom. The van der Waals surface area contributed by atoms with Gasteiger partial charge in [-0.05, 0) is 10.4 Å². The molecule has 1 heterocycles. The zero-order valence-corrected chi connectivity index (χ0v) is 6.34. The van der Waals surface area contributed by atoms with E-state index in [1.165, 1.54) is 0 Å². The van der Waals surface area contributed by atoms with Gasteiger partial charge in [-0.25, -0.2) is 5.84 Å². The number of H-pyrrole nitrogens is 1. The Morgan fingerprint density at radius 2 is 2.31 bits per heavy atom. The Labute approximate surface area is 71.6 Å². The molecule has 0 aromatic carbocycles. The molecule has 0 amide bonds. The van der Waals surface area contributed by atoms with Gasteiger partial charge in [-0.1, -0.05) is 10.2 Å². The molecule has 72 valence electrons. The molecule has 0 aliphatic heterocycles. The number of nitrogens with zero attached hydrogens (tertiary/aromatic N) is 6. The molecule has 8 N–H and O–H groups in total. The van der Waals surface area contributed by atoms with Gasteiger partial charge in [0.25, 0.3) is 0 Å². The summed E-state index contributed by atoms with van der Waals surface area (Å²) >= 11 is 0. The number of hydrogen-bond acceptors (Lipinski definition) is 7. The lowest BCUT2D eigenvalue weighted by Gasteiger charge is -2.04. The number of nitrogens with one attached hydrogen (secondary N) is 2. The number of tetrazole rings is 1. The first-order chi connectivity index (χ1) is 5.70. The molecule has 11 heteroatoms. The minimum atomic E-state index is -0.442. The third kappa shape index (κ3) is 3.17. The van der Waals surface area contributed by atoms with E-state index in [0.717, 1.165) is 0 Å². The minimum absolute atomic E-state index is 0. The van der Waals surface area contributed by atoms with Crippen LogP contribution in [0.1, 0.15) is 0 Å². The maximum Gasteiger partial charge on any atom is 0.309 e. The number of hydrazine groups is 1. The van der Waals surface area contributed by atoms with Crippen molar-refractivity contribution < 1.29 is 5.48 Å². The lowest BCUT2D eigenvalue weighted by atomic mass is 11.1. The van der Waals surface area contributed by atoms with Crippen molar-refractivity contribution in [2.45, 2.75) is 0 Å². The van der Waals surface area contributed by atoms with E-state index in [9.17, 15) is 0 Å². The fourth-order valence-corrected chi connectivity index (χ4v) is 0.335. The van der Waals surface area contributed by atoms with E-state index in [-0.39, 0.29) is 11.4 Å². The molecule has 0 aliphatic carbocycles. The molecule has 1 aromatic rings. The molecule has 0 radical (unpaired) electrons. The molecule has 0 aliphatic rings. The standard InChI is InChI=1S/C2H6N10.H2O/c3-1(4)12(5)11-8-2-6-9-10-7-2;/h5H2,(H3,3,4)(H,6,7,9,10);1H2/b11-8+;. The van der Waals surface area contributed by atoms with Crippen LogP contribution in [0.2, 0.25) is 0 Å². The number of aromatic nitrogens is 4. The summed E-state index contributed by atoms with van der Waals surface area (Å²) in [5.41, 5.74) is 4.94. The van der Waals surface area contributed by atoms with Crippen molar-refractivity contribution in [1.29, 1.82) is 5.41 Å². The second-order valence-electron chi connectivity index (χ2n) is 1.63. The Morgan fingerprint density at radius 1 is 1.62 bits per heavy atom. The average Bonchev–Trinajstić information content (AvgIpc) is 2.51. The Bertz CT molecular complexity index is 275. The van der Waals surface area contributed by atoms with Gasteiger partial charge < -0.3 is 11.2 Å². The second kappa shape index (κ2) is 4.68. The zero-order valence-electron chi connectivity index (χ0n) is 6.34. The first-order valence-corrected chi connectivity index (χ1v) is 2.74. The van der Waals surface area contributed by atoms with Gasteiger partial charge in [-0.15, -0.1) is 10.2 Å². The summed E-state index contributed by atoms with van der Waals surface area (Å²) in [6, 6.07) is 0. The maximum atomic E-state index is 6.79. The highest BCUT2D eigenvalue weighted by molar-refractivity contribution is 5.73. The van der Waals surface area contributed by atoms with Gasteiger partial charge in [0.05, 0.1) is 0 Å². The monoisotopic (exact) mass is 188 g/mol. The van der Waals surface area contributed by atoms with Crippen LogP contribution in [0, 0.1) is 5.41 Å². The molecule has 11 nitrogen and oxygen atoms in total. The number of nitrogens with two attached hydrogens (primary N) is 2. The first-order valence-electron chi connectivity index (χ1n) is 2.74. The zero-order chi connectivity index (χ0) is 8.97. The topological polar surface area (TPSA) is 190 Å². The van der Waals surface area contributed by atoms with Crippen molar-refractivity contribution in [2.24, 2.45) is 21.9 Å². The van der Waals surface area contributed by atoms with Crippen molar-refractivity contribution in [3.05, 3.63) is 0 Å². The van der Waals surface area contributed by atoms with Gasteiger partial charge >= 0.3 is 5.95 Å². The van der Waals surface area contributed by atoms with Gasteiger partial charge in [-0.2, -0.15) is 5.21 Å². The molecular weight excluding hydrogens is 180 g/mol. The highest BCUT2D eigenvalue weighted by Gasteiger charge is 1.97. The van der Waals surface area contributed by atoms with Crippen LogP contribution in [0.5, 0.6) is 0 Å². The van der Waals surface area contributed by atoms with Crippen LogP contribution in [0.3, 0.4) is 0 Å². The predicted molar refractivity (Wildman–Crippen MR) is 40.2 cm³/mol. The highest BCUT2D eigenvalue weighted by atomic mass is 16.0. The lowest BCUT2D eigenvalue weighted by molar-refractivity contribution is 0.430. The molecule has 13 heavy (non-hydrogen) atoms. The van der Waals surface area contributed by atoms with Crippen LogP contribution in [0.15, 0.2) is 10.3 Å². The summed E-state index contributed by atoms with van der Waals surface area (Å²) in [6.07, 6.45) is 0. The van der Waals surface area contributed by atoms with Crippen molar-refractivity contribution in [3.63, 3.8) is 0 Å². The van der Waals surface area contributed by atoms with Gasteiger partial charge in [-0.3, -0.25) is 5.41 Å². The summed E-state index contributed by atoms with van der Waals surface area (Å²) in [7, 11) is 0. The molecule has 0 saturated carbocycles. The van der Waals surface area contributed by atoms with E-state index in [1.54, 1.807) is 0 Å². The van der Waals surface area contributed by atoms with E-state index in [1.807, 2.05) is 0 Å². The number of hydrogen-bond donors (Lipinski definition) is 4. The van der Waals surface area contributed by atoms with E-state index >= 15 is 0 Å². The van der Waals surface area contributed by atoms with E-state index < -0.39 is 5.96 Å². The van der Waals surface area contributed by atoms with Crippen LogP contribution < -0.4 is 11.6 Å². The fraction of sp³-hybridized carbons (Fsp3) is 0. The van der Waals surface area contributed by atoms with Crippen molar-refractivity contribution in [3.8, 4) is 0 Å². The largest absolute Gasteiger partial charge is 0.412 e. The SMILES string of the molecule is N=C(N)N(N)/N=N/c1nn[nH]n1.O. The molecule has 1 aromatic heterocycles. The van der Waals surface area contributed by atoms with Crippen molar-refractivity contribution in [1.82, 2.24) is 25.7 Å². The molecule has 0 saturated heterocycles. The molecule has 0 bridgehead atoms. The van der Waals surface area contributed by atoms with Crippen LogP contribution in [0.25, 0.3) is 0 Å². The van der Waals surface area contributed by atoms with Crippen molar-refractivity contribution in [2.75, 3.05) is 0 Å². The van der Waals surface area contributed by atoms with E-state index in [4.69, 9.17) is 17.0 Å². The number of guanidine groups is 1. The third-order valence-corrected chi connectivity index (χ3v) is 0.812. The molecular formula is C2H8N10O. The molecule has 0 unspecified atom stereocenters. The maximum absolute atomic E-state index is 6.79. The second-order valence-corrected chi connectivity index (χ2v) is 1.63. The first kappa shape index (κ1) is 10.9. The normalized spacial score (nSPS) is 9.62. The van der Waals surface area contributed by atoms with Gasteiger partial charge in [0.15, 0.2) is 0 Å². The quantitative estimate of drug-likeness (QED) is 0.130. The smallest absolute Gasteiger partial charge is 0.309 e. The average molecular weight is 188 g/mol. The third-order valence-electron chi connectivity index (χ3n) is 0.812. The van der Waals surface area contributed by atoms with Crippen molar-refractivity contribution >= 4 is 11.9 Å². The highest BCUT2D eigenvalue weighted by Crippen LogP contribution is 1.97. The van der Waals surface area contributed by atoms with E-state index in [2.05, 4.69) is 31.0 Å². The Balaban J connectivity index is 0.00000144. The lowest BCUT2D eigenvalue weighted by Crippen LogP contribution is -2.37. The van der Waals surface area contributed by atoms with Gasteiger partial charge in [0.2, 0.25) is 5.96 Å². The molecule has 0 atom stereocenters. The summed E-state index contributed by atoms with van der Waals surface area (Å²) < 4.78 is 0. The summed E-state index contributed by atoms with van der Waals surface area (Å²) in [5, 5.41) is 26.3. The van der Waals surface area contributed by atoms with E-state index in [0.29, 0.717) is 5.12 Å². The molecule has 0 spiro atoms. The van der Waals surface area contributed by atoms with Gasteiger partial charge in [0, 0.05) is 0 Å². The summed E-state index contributed by atoms with van der Waals surface area (Å²) in [6.45, 7) is 0. The molecule has 1 rings (SSSR count). The van der Waals surface area contributed by atoms with Crippen LogP contribution in [0.4, 0.5) is 5.95 Å². The van der Waals surface area contributed by atoms with Crippen LogP contribution in [-0.2, 0) is 0 Å². The predicted octanol–water partition coefficient (Wildman–Crippen LogP) is -2.56. The van der Waals surface area contributed by atoms with Crippen LogP contribution >= 0.6 is 0 Å². The summed E-state index contributed by atoms with van der Waals surface area (Å²) in [4.78, 5) is 0. The Hall–Kier alpha value is -2.14. The number of rotatable bonds is 2. The minimum Gasteiger partial charge on any atom is -0.412 e. The number of aromatic amines is 1. The van der Waals surface area contributed by atoms with Crippen LogP contribution in [-0.4, -0.2) is 37.2 Å². The van der Waals surface area contributed by atoms with Gasteiger partial charge in [0.1, 0.15) is 0 Å².